The standard InChI is InChI=1S/C29H40N2O2/c1-6-7-18-30(27(33)19-26(32)24-16-12-9-13-17-24)25-20-28(2,3)31(29(4,5)21-25)22-23-14-10-8-11-15-23/h8-17,25H,6-7,18-22H2,1-5H3. The molecule has 3 rings (SSSR count). The molecule has 1 saturated heterocycles. The number of likely N-dealkylation sites (tertiary alicyclic amines) is 1. The van der Waals surface area contributed by atoms with Crippen LogP contribution < -0.4 is 0 Å². The molecule has 4 heteroatoms. The lowest BCUT2D eigenvalue weighted by Crippen LogP contribution is -2.64. The van der Waals surface area contributed by atoms with Gasteiger partial charge in [-0.25, -0.2) is 0 Å². The topological polar surface area (TPSA) is 40.6 Å². The molecule has 1 aliphatic heterocycles. The van der Waals surface area contributed by atoms with E-state index in [0.29, 0.717) is 12.1 Å². The average molecular weight is 449 g/mol. The Morgan fingerprint density at radius 3 is 2.00 bits per heavy atom. The molecular weight excluding hydrogens is 408 g/mol. The highest BCUT2D eigenvalue weighted by Crippen LogP contribution is 2.41. The Bertz CT molecular complexity index is 903. The van der Waals surface area contributed by atoms with Gasteiger partial charge >= 0.3 is 0 Å². The van der Waals surface area contributed by atoms with E-state index in [9.17, 15) is 9.59 Å². The van der Waals surface area contributed by atoms with Crippen LogP contribution in [0.1, 0.15) is 82.6 Å². The van der Waals surface area contributed by atoms with Crippen molar-refractivity contribution in [3.05, 3.63) is 71.8 Å². The number of amides is 1. The van der Waals surface area contributed by atoms with E-state index in [1.165, 1.54) is 5.56 Å². The number of ketones is 1. The second-order valence-electron chi connectivity index (χ2n) is 10.7. The Morgan fingerprint density at radius 1 is 0.909 bits per heavy atom. The number of benzene rings is 2. The maximum atomic E-state index is 13.4. The van der Waals surface area contributed by atoms with Gasteiger partial charge < -0.3 is 4.90 Å². The summed E-state index contributed by atoms with van der Waals surface area (Å²) in [6.45, 7) is 12.9. The van der Waals surface area contributed by atoms with E-state index in [-0.39, 0.29) is 35.2 Å². The Balaban J connectivity index is 1.79. The van der Waals surface area contributed by atoms with Crippen molar-refractivity contribution < 1.29 is 9.59 Å². The van der Waals surface area contributed by atoms with E-state index >= 15 is 0 Å². The monoisotopic (exact) mass is 448 g/mol. The number of carbonyl (C=O) groups is 2. The summed E-state index contributed by atoms with van der Waals surface area (Å²) in [6, 6.07) is 19.9. The lowest BCUT2D eigenvalue weighted by molar-refractivity contribution is -0.138. The van der Waals surface area contributed by atoms with Crippen LogP contribution in [-0.4, -0.2) is 45.2 Å². The van der Waals surface area contributed by atoms with Crippen LogP contribution in [0.5, 0.6) is 0 Å². The van der Waals surface area contributed by atoms with Crippen molar-refractivity contribution in [3.63, 3.8) is 0 Å². The minimum atomic E-state index is -0.0952. The Morgan fingerprint density at radius 2 is 1.45 bits per heavy atom. The van der Waals surface area contributed by atoms with E-state index in [0.717, 1.165) is 32.2 Å². The van der Waals surface area contributed by atoms with Gasteiger partial charge in [0.25, 0.3) is 0 Å². The zero-order valence-corrected chi connectivity index (χ0v) is 21.0. The van der Waals surface area contributed by atoms with E-state index in [1.807, 2.05) is 23.1 Å². The fourth-order valence-corrected chi connectivity index (χ4v) is 5.48. The average Bonchev–Trinajstić information content (AvgIpc) is 2.77. The first kappa shape index (κ1) is 25.2. The molecule has 0 unspecified atom stereocenters. The molecule has 2 aromatic carbocycles. The Hall–Kier alpha value is -2.46. The summed E-state index contributed by atoms with van der Waals surface area (Å²) in [5.41, 5.74) is 1.77. The van der Waals surface area contributed by atoms with E-state index in [2.05, 4.69) is 69.9 Å². The molecule has 0 aromatic heterocycles. The third-order valence-electron chi connectivity index (χ3n) is 7.04. The van der Waals surface area contributed by atoms with Gasteiger partial charge in [0.1, 0.15) is 0 Å². The van der Waals surface area contributed by atoms with Crippen molar-refractivity contribution in [2.75, 3.05) is 6.54 Å². The molecule has 2 aromatic rings. The van der Waals surface area contributed by atoms with Gasteiger partial charge in [-0.3, -0.25) is 14.5 Å². The molecule has 1 amide bonds. The molecular formula is C29H40N2O2. The smallest absolute Gasteiger partial charge is 0.230 e. The van der Waals surface area contributed by atoms with Gasteiger partial charge in [-0.1, -0.05) is 74.0 Å². The summed E-state index contributed by atoms with van der Waals surface area (Å²) in [7, 11) is 0. The summed E-state index contributed by atoms with van der Waals surface area (Å²) in [5, 5.41) is 0. The fraction of sp³-hybridized carbons (Fsp3) is 0.517. The van der Waals surface area contributed by atoms with Crippen LogP contribution in [0, 0.1) is 0 Å². The van der Waals surface area contributed by atoms with Crippen LogP contribution in [-0.2, 0) is 11.3 Å². The molecule has 0 N–H and O–H groups in total. The summed E-state index contributed by atoms with van der Waals surface area (Å²) in [5.74, 6) is -0.132. The number of hydrogen-bond donors (Lipinski definition) is 0. The van der Waals surface area contributed by atoms with Gasteiger partial charge in [-0.05, 0) is 52.5 Å². The van der Waals surface area contributed by atoms with Gasteiger partial charge in [0.05, 0.1) is 6.42 Å². The first-order chi connectivity index (χ1) is 15.6. The number of hydrogen-bond acceptors (Lipinski definition) is 3. The molecule has 1 aliphatic rings. The number of piperidine rings is 1. The second-order valence-corrected chi connectivity index (χ2v) is 10.7. The predicted molar refractivity (Wildman–Crippen MR) is 135 cm³/mol. The highest BCUT2D eigenvalue weighted by atomic mass is 16.2. The van der Waals surface area contributed by atoms with Crippen LogP contribution in [0.2, 0.25) is 0 Å². The lowest BCUT2D eigenvalue weighted by Gasteiger charge is -2.57. The van der Waals surface area contributed by atoms with E-state index in [1.54, 1.807) is 12.1 Å². The number of carbonyl (C=O) groups excluding carboxylic acids is 2. The maximum absolute atomic E-state index is 13.4. The van der Waals surface area contributed by atoms with Crippen molar-refractivity contribution in [2.24, 2.45) is 0 Å². The van der Waals surface area contributed by atoms with Crippen LogP contribution in [0.3, 0.4) is 0 Å². The number of nitrogens with zero attached hydrogens (tertiary/aromatic N) is 2. The highest BCUT2D eigenvalue weighted by Gasteiger charge is 2.47. The molecule has 0 bridgehead atoms. The Kier molecular flexibility index (Phi) is 8.12. The third kappa shape index (κ3) is 6.32. The third-order valence-corrected chi connectivity index (χ3v) is 7.04. The number of Topliss-reactive ketones (excluding diaryl/α,β-unsaturated/α-hetero) is 1. The SMILES string of the molecule is CCCCN(C(=O)CC(=O)c1ccccc1)C1CC(C)(C)N(Cc2ccccc2)C(C)(C)C1. The molecule has 1 heterocycles. The van der Waals surface area contributed by atoms with Crippen molar-refractivity contribution in [1.29, 1.82) is 0 Å². The first-order valence-electron chi connectivity index (χ1n) is 12.3. The van der Waals surface area contributed by atoms with Gasteiger partial charge in [0.15, 0.2) is 5.78 Å². The molecule has 4 nitrogen and oxygen atoms in total. The molecule has 0 saturated carbocycles. The fourth-order valence-electron chi connectivity index (χ4n) is 5.48. The van der Waals surface area contributed by atoms with Crippen molar-refractivity contribution in [2.45, 2.75) is 90.4 Å². The molecule has 0 radical (unpaired) electrons. The normalized spacial score (nSPS) is 18.1. The maximum Gasteiger partial charge on any atom is 0.230 e. The highest BCUT2D eigenvalue weighted by molar-refractivity contribution is 6.07. The molecule has 33 heavy (non-hydrogen) atoms. The van der Waals surface area contributed by atoms with Crippen LogP contribution >= 0.6 is 0 Å². The van der Waals surface area contributed by atoms with Gasteiger partial charge in [-0.2, -0.15) is 0 Å². The molecule has 0 spiro atoms. The van der Waals surface area contributed by atoms with Crippen molar-refractivity contribution >= 4 is 11.7 Å². The largest absolute Gasteiger partial charge is 0.339 e. The number of rotatable bonds is 9. The Labute approximate surface area is 200 Å². The van der Waals surface area contributed by atoms with Crippen molar-refractivity contribution in [1.82, 2.24) is 9.80 Å². The summed E-state index contributed by atoms with van der Waals surface area (Å²) in [4.78, 5) is 30.8. The zero-order chi connectivity index (χ0) is 24.1. The quantitative estimate of drug-likeness (QED) is 0.343. The van der Waals surface area contributed by atoms with Crippen LogP contribution in [0.25, 0.3) is 0 Å². The second kappa shape index (κ2) is 10.6. The van der Waals surface area contributed by atoms with Crippen LogP contribution in [0.4, 0.5) is 0 Å². The predicted octanol–water partition coefficient (Wildman–Crippen LogP) is 6.11. The zero-order valence-electron chi connectivity index (χ0n) is 21.0. The summed E-state index contributed by atoms with van der Waals surface area (Å²) < 4.78 is 0. The molecule has 1 fully saturated rings. The van der Waals surface area contributed by atoms with Crippen molar-refractivity contribution in [3.8, 4) is 0 Å². The molecule has 178 valence electrons. The summed E-state index contributed by atoms with van der Waals surface area (Å²) >= 11 is 0. The summed E-state index contributed by atoms with van der Waals surface area (Å²) in [6.07, 6.45) is 3.72. The lowest BCUT2D eigenvalue weighted by atomic mass is 9.76. The van der Waals surface area contributed by atoms with Crippen LogP contribution in [0.15, 0.2) is 60.7 Å². The molecule has 0 aliphatic carbocycles. The van der Waals surface area contributed by atoms with Gasteiger partial charge in [-0.15, -0.1) is 0 Å². The first-order valence-corrected chi connectivity index (χ1v) is 12.3. The minimum Gasteiger partial charge on any atom is -0.339 e. The van der Waals surface area contributed by atoms with E-state index < -0.39 is 0 Å². The van der Waals surface area contributed by atoms with Gasteiger partial charge in [0, 0.05) is 35.8 Å². The van der Waals surface area contributed by atoms with Gasteiger partial charge in [0.2, 0.25) is 5.91 Å². The van der Waals surface area contributed by atoms with E-state index in [4.69, 9.17) is 0 Å². The number of unbranched alkanes of at least 4 members (excludes halogenated alkanes) is 1. The molecule has 0 atom stereocenters. The minimum absolute atomic E-state index is 0.0367.